The lowest BCUT2D eigenvalue weighted by Crippen LogP contribution is -2.45. The fourth-order valence-corrected chi connectivity index (χ4v) is 3.45. The third-order valence-corrected chi connectivity index (χ3v) is 4.48. The van der Waals surface area contributed by atoms with Crippen LogP contribution in [0.4, 0.5) is 0 Å². The number of piperidine rings is 1. The van der Waals surface area contributed by atoms with Gasteiger partial charge >= 0.3 is 0 Å². The van der Waals surface area contributed by atoms with Gasteiger partial charge in [-0.05, 0) is 37.9 Å². The maximum atomic E-state index is 12.5. The minimum atomic E-state index is 0.167. The number of hydrogen-bond donors (Lipinski definition) is 1. The average Bonchev–Trinajstić information content (AvgIpc) is 2.77. The van der Waals surface area contributed by atoms with Crippen LogP contribution in [0.3, 0.4) is 0 Å². The number of rotatable bonds is 2. The number of hydrogen-bond acceptors (Lipinski definition) is 2. The summed E-state index contributed by atoms with van der Waals surface area (Å²) in [6.07, 6.45) is 3.14. The van der Waals surface area contributed by atoms with Crippen LogP contribution in [0.25, 0.3) is 0 Å². The molecule has 1 amide bonds. The van der Waals surface area contributed by atoms with E-state index >= 15 is 0 Å². The van der Waals surface area contributed by atoms with Gasteiger partial charge in [0.25, 0.3) is 0 Å². The molecule has 0 saturated carbocycles. The molecule has 3 rings (SSSR count). The first kappa shape index (κ1) is 12.7. The highest BCUT2D eigenvalue weighted by Crippen LogP contribution is 2.39. The van der Waals surface area contributed by atoms with Gasteiger partial charge in [-0.2, -0.15) is 0 Å². The van der Waals surface area contributed by atoms with E-state index in [9.17, 15) is 4.79 Å². The second-order valence-electron chi connectivity index (χ2n) is 5.79. The first-order chi connectivity index (χ1) is 9.27. The van der Waals surface area contributed by atoms with Gasteiger partial charge in [0, 0.05) is 12.0 Å². The lowest BCUT2D eigenvalue weighted by Gasteiger charge is -2.36. The Balaban J connectivity index is 1.87. The predicted molar refractivity (Wildman–Crippen MR) is 75.7 cm³/mol. The summed E-state index contributed by atoms with van der Waals surface area (Å²) in [5.41, 5.74) is 1.29. The Labute approximate surface area is 115 Å². The molecule has 2 heterocycles. The van der Waals surface area contributed by atoms with Gasteiger partial charge < -0.3 is 10.2 Å². The van der Waals surface area contributed by atoms with Crippen molar-refractivity contribution in [3.63, 3.8) is 0 Å². The number of carbonyl (C=O) groups is 1. The Morgan fingerprint density at radius 3 is 2.53 bits per heavy atom. The van der Waals surface area contributed by atoms with Crippen molar-refractivity contribution in [2.75, 3.05) is 13.1 Å². The van der Waals surface area contributed by atoms with Crippen LogP contribution in [-0.2, 0) is 4.79 Å². The zero-order chi connectivity index (χ0) is 13.2. The van der Waals surface area contributed by atoms with E-state index in [0.717, 1.165) is 32.4 Å². The van der Waals surface area contributed by atoms with Crippen molar-refractivity contribution in [3.05, 3.63) is 35.9 Å². The smallest absolute Gasteiger partial charge is 0.226 e. The molecular weight excluding hydrogens is 236 g/mol. The molecule has 2 aliphatic rings. The first-order valence-corrected chi connectivity index (χ1v) is 7.35. The van der Waals surface area contributed by atoms with E-state index in [1.165, 1.54) is 5.56 Å². The molecule has 0 spiro atoms. The topological polar surface area (TPSA) is 32.3 Å². The SMILES string of the molecule is CC1CC(c2ccccc2)N(C2CCNCC2)C1=O. The third kappa shape index (κ3) is 2.39. The molecule has 2 aliphatic heterocycles. The van der Waals surface area contributed by atoms with Gasteiger partial charge in [-0.1, -0.05) is 37.3 Å². The average molecular weight is 258 g/mol. The monoisotopic (exact) mass is 258 g/mol. The molecule has 1 aromatic carbocycles. The summed E-state index contributed by atoms with van der Waals surface area (Å²) in [6.45, 7) is 4.13. The molecule has 3 heteroatoms. The third-order valence-electron chi connectivity index (χ3n) is 4.48. The van der Waals surface area contributed by atoms with E-state index in [4.69, 9.17) is 0 Å². The van der Waals surface area contributed by atoms with Gasteiger partial charge in [0.1, 0.15) is 0 Å². The summed E-state index contributed by atoms with van der Waals surface area (Å²) in [7, 11) is 0. The molecule has 1 aromatic rings. The number of amides is 1. The number of nitrogens with zero attached hydrogens (tertiary/aromatic N) is 1. The quantitative estimate of drug-likeness (QED) is 0.883. The summed E-state index contributed by atoms with van der Waals surface area (Å²) in [5, 5.41) is 3.38. The molecule has 3 nitrogen and oxygen atoms in total. The fraction of sp³-hybridized carbons (Fsp3) is 0.562. The molecule has 0 radical (unpaired) electrons. The molecule has 2 fully saturated rings. The van der Waals surface area contributed by atoms with E-state index < -0.39 is 0 Å². The van der Waals surface area contributed by atoms with E-state index in [1.54, 1.807) is 0 Å². The van der Waals surface area contributed by atoms with Crippen LogP contribution >= 0.6 is 0 Å². The summed E-state index contributed by atoms with van der Waals surface area (Å²) in [5.74, 6) is 0.515. The minimum absolute atomic E-state index is 0.167. The van der Waals surface area contributed by atoms with Crippen LogP contribution in [0.5, 0.6) is 0 Å². The van der Waals surface area contributed by atoms with E-state index in [0.29, 0.717) is 11.9 Å². The maximum absolute atomic E-state index is 12.5. The first-order valence-electron chi connectivity index (χ1n) is 7.35. The summed E-state index contributed by atoms with van der Waals surface area (Å²) < 4.78 is 0. The normalized spacial score (nSPS) is 28.9. The van der Waals surface area contributed by atoms with Crippen LogP contribution < -0.4 is 5.32 Å². The van der Waals surface area contributed by atoms with E-state index in [1.807, 2.05) is 6.07 Å². The Hall–Kier alpha value is -1.35. The minimum Gasteiger partial charge on any atom is -0.332 e. The summed E-state index contributed by atoms with van der Waals surface area (Å²) in [6, 6.07) is 11.2. The molecule has 2 saturated heterocycles. The van der Waals surface area contributed by atoms with Crippen molar-refractivity contribution in [1.29, 1.82) is 0 Å². The van der Waals surface area contributed by atoms with Gasteiger partial charge in [-0.15, -0.1) is 0 Å². The van der Waals surface area contributed by atoms with Gasteiger partial charge in [0.05, 0.1) is 6.04 Å². The van der Waals surface area contributed by atoms with Crippen LogP contribution in [0.15, 0.2) is 30.3 Å². The molecule has 2 atom stereocenters. The van der Waals surface area contributed by atoms with Crippen molar-refractivity contribution in [3.8, 4) is 0 Å². The van der Waals surface area contributed by atoms with Gasteiger partial charge in [0.2, 0.25) is 5.91 Å². The van der Waals surface area contributed by atoms with Crippen molar-refractivity contribution >= 4 is 5.91 Å². The van der Waals surface area contributed by atoms with Crippen LogP contribution in [0, 0.1) is 5.92 Å². The zero-order valence-corrected chi connectivity index (χ0v) is 11.5. The molecule has 1 N–H and O–H groups in total. The number of benzene rings is 1. The van der Waals surface area contributed by atoms with Crippen LogP contribution in [-0.4, -0.2) is 29.9 Å². The predicted octanol–water partition coefficient (Wildman–Crippen LogP) is 2.35. The van der Waals surface area contributed by atoms with E-state index in [2.05, 4.69) is 41.4 Å². The van der Waals surface area contributed by atoms with Crippen LogP contribution in [0.1, 0.15) is 37.8 Å². The highest BCUT2D eigenvalue weighted by molar-refractivity contribution is 5.81. The molecule has 0 bridgehead atoms. The Morgan fingerprint density at radius 1 is 1.16 bits per heavy atom. The lowest BCUT2D eigenvalue weighted by molar-refractivity contribution is -0.134. The van der Waals surface area contributed by atoms with Crippen molar-refractivity contribution in [2.45, 2.75) is 38.3 Å². The fourth-order valence-electron chi connectivity index (χ4n) is 3.45. The standard InChI is InChI=1S/C16H22N2O/c1-12-11-15(13-5-3-2-4-6-13)18(16(12)19)14-7-9-17-10-8-14/h2-6,12,14-15,17H,7-11H2,1H3. The lowest BCUT2D eigenvalue weighted by atomic mass is 9.98. The van der Waals surface area contributed by atoms with E-state index in [-0.39, 0.29) is 12.0 Å². The van der Waals surface area contributed by atoms with Gasteiger partial charge in [-0.25, -0.2) is 0 Å². The Bertz CT molecular complexity index is 439. The number of carbonyl (C=O) groups excluding carboxylic acids is 1. The largest absolute Gasteiger partial charge is 0.332 e. The molecule has 2 unspecified atom stereocenters. The Kier molecular flexibility index (Phi) is 3.56. The molecule has 0 aliphatic carbocycles. The van der Waals surface area contributed by atoms with Crippen molar-refractivity contribution < 1.29 is 4.79 Å². The van der Waals surface area contributed by atoms with Crippen molar-refractivity contribution in [1.82, 2.24) is 10.2 Å². The summed E-state index contributed by atoms with van der Waals surface area (Å²) >= 11 is 0. The maximum Gasteiger partial charge on any atom is 0.226 e. The second-order valence-corrected chi connectivity index (χ2v) is 5.79. The van der Waals surface area contributed by atoms with Crippen LogP contribution in [0.2, 0.25) is 0 Å². The van der Waals surface area contributed by atoms with Crippen molar-refractivity contribution in [2.24, 2.45) is 5.92 Å². The van der Waals surface area contributed by atoms with Gasteiger partial charge in [-0.3, -0.25) is 4.79 Å². The molecular formula is C16H22N2O. The molecule has 19 heavy (non-hydrogen) atoms. The van der Waals surface area contributed by atoms with Gasteiger partial charge in [0.15, 0.2) is 0 Å². The highest BCUT2D eigenvalue weighted by atomic mass is 16.2. The highest BCUT2D eigenvalue weighted by Gasteiger charge is 2.41. The number of nitrogens with one attached hydrogen (secondary N) is 1. The molecule has 102 valence electrons. The Morgan fingerprint density at radius 2 is 1.84 bits per heavy atom. The second kappa shape index (κ2) is 5.33. The molecule has 0 aromatic heterocycles. The summed E-state index contributed by atoms with van der Waals surface area (Å²) in [4.78, 5) is 14.7. The zero-order valence-electron chi connectivity index (χ0n) is 11.5. The number of likely N-dealkylation sites (tertiary alicyclic amines) is 1.